The van der Waals surface area contributed by atoms with Gasteiger partial charge in [-0.2, -0.15) is 0 Å². The molecule has 0 unspecified atom stereocenters. The zero-order valence-electron chi connectivity index (χ0n) is 22.6. The number of nitrogen functional groups attached to an aromatic ring is 1. The lowest BCUT2D eigenvalue weighted by Crippen LogP contribution is -2.23. The molecule has 40 heavy (non-hydrogen) atoms. The van der Waals surface area contributed by atoms with Crippen LogP contribution in [0.25, 0.3) is 0 Å². The van der Waals surface area contributed by atoms with Crippen molar-refractivity contribution in [3.8, 4) is 0 Å². The minimum absolute atomic E-state index is 0.0854. The summed E-state index contributed by atoms with van der Waals surface area (Å²) in [6, 6.07) is 16.1. The van der Waals surface area contributed by atoms with Crippen molar-refractivity contribution in [1.29, 1.82) is 0 Å². The summed E-state index contributed by atoms with van der Waals surface area (Å²) in [6.45, 7) is 7.02. The molecule has 0 amide bonds. The quantitative estimate of drug-likeness (QED) is 0.105. The third-order valence-electron chi connectivity index (χ3n) is 6.35. The Balaban J connectivity index is 1.44. The Labute approximate surface area is 254 Å². The van der Waals surface area contributed by atoms with Gasteiger partial charge in [-0.25, -0.2) is 4.79 Å². The molecule has 0 radical (unpaired) electrons. The number of anilines is 3. The van der Waals surface area contributed by atoms with Crippen LogP contribution in [0, 0.1) is 0 Å². The van der Waals surface area contributed by atoms with Crippen LogP contribution in [0.3, 0.4) is 0 Å². The molecule has 3 aromatic rings. The Morgan fingerprint density at radius 3 is 2.25 bits per heavy atom. The molecule has 214 valence electrons. The number of nitrogens with two attached hydrogens (primary N) is 1. The third-order valence-corrected chi connectivity index (χ3v) is 7.63. The summed E-state index contributed by atoms with van der Waals surface area (Å²) in [5.41, 5.74) is 10.2. The molecule has 0 aliphatic heterocycles. The number of esters is 2. The van der Waals surface area contributed by atoms with Crippen LogP contribution >= 0.6 is 39.1 Å². The number of ether oxygens (including phenoxy) is 2. The molecule has 0 atom stereocenters. The van der Waals surface area contributed by atoms with Crippen molar-refractivity contribution in [1.82, 2.24) is 4.90 Å². The molecular formula is C30H34BrCl2N3O4. The van der Waals surface area contributed by atoms with E-state index in [9.17, 15) is 9.59 Å². The van der Waals surface area contributed by atoms with Crippen molar-refractivity contribution < 1.29 is 19.1 Å². The number of hydrogen-bond acceptors (Lipinski definition) is 7. The van der Waals surface area contributed by atoms with Gasteiger partial charge in [0, 0.05) is 16.7 Å². The molecule has 0 fully saturated rings. The Hall–Kier alpha value is -2.78. The van der Waals surface area contributed by atoms with Gasteiger partial charge in [0.2, 0.25) is 0 Å². The summed E-state index contributed by atoms with van der Waals surface area (Å²) in [6.07, 6.45) is 1.21. The first-order valence-corrected chi connectivity index (χ1v) is 14.7. The number of rotatable bonds is 14. The van der Waals surface area contributed by atoms with Crippen LogP contribution < -0.4 is 11.1 Å². The highest BCUT2D eigenvalue weighted by Gasteiger charge is 2.15. The minimum atomic E-state index is -0.416. The number of carbonyl (C=O) groups excluding carboxylic acids is 2. The number of nitrogens with one attached hydrogen (secondary N) is 1. The van der Waals surface area contributed by atoms with Gasteiger partial charge < -0.3 is 20.5 Å². The van der Waals surface area contributed by atoms with Crippen molar-refractivity contribution in [2.45, 2.75) is 39.7 Å². The first-order valence-electron chi connectivity index (χ1n) is 13.1. The number of carbonyl (C=O) groups is 2. The predicted octanol–water partition coefficient (Wildman–Crippen LogP) is 7.65. The highest BCUT2D eigenvalue weighted by Crippen LogP contribution is 2.33. The molecule has 0 heterocycles. The predicted molar refractivity (Wildman–Crippen MR) is 166 cm³/mol. The Kier molecular flexibility index (Phi) is 12.6. The largest absolute Gasteiger partial charge is 0.465 e. The van der Waals surface area contributed by atoms with Crippen molar-refractivity contribution in [3.05, 3.63) is 85.8 Å². The lowest BCUT2D eigenvalue weighted by Gasteiger charge is -2.20. The first kappa shape index (κ1) is 31.7. The van der Waals surface area contributed by atoms with Crippen molar-refractivity contribution in [2.24, 2.45) is 0 Å². The number of halogens is 3. The average Bonchev–Trinajstić information content (AvgIpc) is 2.94. The van der Waals surface area contributed by atoms with Crippen LogP contribution in [-0.4, -0.2) is 43.1 Å². The van der Waals surface area contributed by atoms with Crippen LogP contribution in [0.2, 0.25) is 10.0 Å². The fourth-order valence-electron chi connectivity index (χ4n) is 4.00. The van der Waals surface area contributed by atoms with E-state index >= 15 is 0 Å². The molecule has 0 bridgehead atoms. The molecule has 3 aromatic carbocycles. The standard InChI is InChI=1S/C30H34BrCl2N3O4/c1-3-36(4-2)19-22-16-21(17-23(31)28(22)34)30(38)40-15-8-7-14-39-27(37)18-20-10-5-6-13-26(20)35-29-24(32)11-9-12-25(29)33/h5-6,9-13,16-17,35H,3-4,7-8,14-15,18-19,34H2,1-2H3. The van der Waals surface area contributed by atoms with E-state index in [4.69, 9.17) is 38.4 Å². The number of hydrogen-bond donors (Lipinski definition) is 2. The number of benzene rings is 3. The Morgan fingerprint density at radius 1 is 0.925 bits per heavy atom. The molecule has 0 aliphatic carbocycles. The molecule has 0 aliphatic rings. The topological polar surface area (TPSA) is 93.9 Å². The second-order valence-corrected chi connectivity index (χ2v) is 10.8. The fourth-order valence-corrected chi connectivity index (χ4v) is 5.00. The summed E-state index contributed by atoms with van der Waals surface area (Å²) in [5, 5.41) is 4.18. The van der Waals surface area contributed by atoms with Crippen molar-refractivity contribution in [3.63, 3.8) is 0 Å². The lowest BCUT2D eigenvalue weighted by molar-refractivity contribution is -0.143. The average molecular weight is 651 g/mol. The highest BCUT2D eigenvalue weighted by molar-refractivity contribution is 9.10. The molecule has 0 saturated heterocycles. The van der Waals surface area contributed by atoms with Gasteiger partial charge >= 0.3 is 11.9 Å². The van der Waals surface area contributed by atoms with E-state index in [0.717, 1.165) is 29.9 Å². The summed E-state index contributed by atoms with van der Waals surface area (Å²) < 4.78 is 11.5. The number of unbranched alkanes of at least 4 members (excludes halogenated alkanes) is 1. The van der Waals surface area contributed by atoms with Gasteiger partial charge in [0.05, 0.1) is 46.6 Å². The smallest absolute Gasteiger partial charge is 0.338 e. The highest BCUT2D eigenvalue weighted by atomic mass is 79.9. The van der Waals surface area contributed by atoms with Crippen LogP contribution in [0.1, 0.15) is 48.2 Å². The second-order valence-electron chi connectivity index (χ2n) is 9.11. The SMILES string of the molecule is CCN(CC)Cc1cc(C(=O)OCCCCOC(=O)Cc2ccccc2Nc2c(Cl)cccc2Cl)cc(Br)c1N. The molecule has 0 spiro atoms. The molecular weight excluding hydrogens is 617 g/mol. The molecule has 10 heteroatoms. The van der Waals surface area contributed by atoms with E-state index in [-0.39, 0.29) is 25.6 Å². The summed E-state index contributed by atoms with van der Waals surface area (Å²) >= 11 is 16.0. The first-order chi connectivity index (χ1) is 19.2. The van der Waals surface area contributed by atoms with E-state index in [1.165, 1.54) is 0 Å². The zero-order chi connectivity index (χ0) is 29.1. The second kappa shape index (κ2) is 15.9. The van der Waals surface area contributed by atoms with E-state index < -0.39 is 5.97 Å². The summed E-state index contributed by atoms with van der Waals surface area (Å²) in [4.78, 5) is 27.3. The lowest BCUT2D eigenvalue weighted by atomic mass is 10.1. The molecule has 0 aromatic heterocycles. The van der Waals surface area contributed by atoms with Crippen LogP contribution in [0.4, 0.5) is 17.1 Å². The Bertz CT molecular complexity index is 1300. The van der Waals surface area contributed by atoms with Crippen LogP contribution in [-0.2, 0) is 27.2 Å². The van der Waals surface area contributed by atoms with E-state index in [2.05, 4.69) is 40.0 Å². The van der Waals surface area contributed by atoms with E-state index in [0.29, 0.717) is 50.8 Å². The fraction of sp³-hybridized carbons (Fsp3) is 0.333. The monoisotopic (exact) mass is 649 g/mol. The number of nitrogens with zero attached hydrogens (tertiary/aromatic N) is 1. The maximum Gasteiger partial charge on any atom is 0.338 e. The maximum absolute atomic E-state index is 12.6. The maximum atomic E-state index is 12.6. The van der Waals surface area contributed by atoms with Gasteiger partial charge in [-0.3, -0.25) is 9.69 Å². The van der Waals surface area contributed by atoms with Gasteiger partial charge in [-0.15, -0.1) is 0 Å². The third kappa shape index (κ3) is 9.13. The normalized spacial score (nSPS) is 10.9. The molecule has 3 rings (SSSR count). The number of para-hydroxylation sites is 2. The molecule has 3 N–H and O–H groups in total. The van der Waals surface area contributed by atoms with Crippen LogP contribution in [0.5, 0.6) is 0 Å². The van der Waals surface area contributed by atoms with Gasteiger partial charge in [0.15, 0.2) is 0 Å². The van der Waals surface area contributed by atoms with Gasteiger partial charge in [0.25, 0.3) is 0 Å². The van der Waals surface area contributed by atoms with E-state index in [1.807, 2.05) is 24.3 Å². The van der Waals surface area contributed by atoms with E-state index in [1.54, 1.807) is 30.3 Å². The molecule has 0 saturated carbocycles. The van der Waals surface area contributed by atoms with Crippen molar-refractivity contribution >= 4 is 68.1 Å². The zero-order valence-corrected chi connectivity index (χ0v) is 25.7. The van der Waals surface area contributed by atoms with Crippen LogP contribution in [0.15, 0.2) is 59.1 Å². The Morgan fingerprint density at radius 2 is 1.57 bits per heavy atom. The van der Waals surface area contributed by atoms with Gasteiger partial charge in [-0.1, -0.05) is 61.3 Å². The van der Waals surface area contributed by atoms with Gasteiger partial charge in [0.1, 0.15) is 0 Å². The molecule has 7 nitrogen and oxygen atoms in total. The van der Waals surface area contributed by atoms with Gasteiger partial charge in [-0.05, 0) is 83.3 Å². The summed E-state index contributed by atoms with van der Waals surface area (Å²) in [7, 11) is 0. The summed E-state index contributed by atoms with van der Waals surface area (Å²) in [5.74, 6) is -0.773. The van der Waals surface area contributed by atoms with Crippen molar-refractivity contribution in [2.75, 3.05) is 37.4 Å². The minimum Gasteiger partial charge on any atom is -0.465 e.